The van der Waals surface area contributed by atoms with Crippen LogP contribution in [0.2, 0.25) is 0 Å². The lowest BCUT2D eigenvalue weighted by Crippen LogP contribution is -2.57. The zero-order chi connectivity index (χ0) is 19.0. The topological polar surface area (TPSA) is 58.1 Å². The van der Waals surface area contributed by atoms with Gasteiger partial charge >= 0.3 is 0 Å². The third-order valence-electron chi connectivity index (χ3n) is 5.49. The largest absolute Gasteiger partial charge is 0.379 e. The van der Waals surface area contributed by atoms with Crippen molar-refractivity contribution in [2.24, 2.45) is 16.8 Å². The van der Waals surface area contributed by atoms with Crippen molar-refractivity contribution in [3.05, 3.63) is 0 Å². The fourth-order valence-corrected chi connectivity index (χ4v) is 3.96. The van der Waals surface area contributed by atoms with Crippen LogP contribution in [0, 0.1) is 11.8 Å². The standard InChI is InChI=1S/C20H40N4O2.HI/c1-16-11-17(2)13-24(12-16)20(3,4)15-23-19(21-5)22-8-6-9-26-18-7-10-25-14-18;/h16-18H,6-15H2,1-5H3,(H2,21,22,23);1H. The van der Waals surface area contributed by atoms with E-state index in [1.165, 1.54) is 19.5 Å². The van der Waals surface area contributed by atoms with Gasteiger partial charge in [-0.1, -0.05) is 13.8 Å². The van der Waals surface area contributed by atoms with Gasteiger partial charge in [0.25, 0.3) is 0 Å². The maximum atomic E-state index is 5.80. The van der Waals surface area contributed by atoms with Crippen molar-refractivity contribution in [1.82, 2.24) is 15.5 Å². The predicted octanol–water partition coefficient (Wildman–Crippen LogP) is 2.72. The molecule has 160 valence electrons. The molecule has 2 fully saturated rings. The number of hydrogen-bond acceptors (Lipinski definition) is 4. The number of rotatable bonds is 8. The van der Waals surface area contributed by atoms with E-state index in [1.54, 1.807) is 0 Å². The molecule has 6 nitrogen and oxygen atoms in total. The van der Waals surface area contributed by atoms with E-state index in [-0.39, 0.29) is 29.5 Å². The first-order valence-corrected chi connectivity index (χ1v) is 10.3. The highest BCUT2D eigenvalue weighted by Crippen LogP contribution is 2.26. The van der Waals surface area contributed by atoms with Crippen LogP contribution in [0.3, 0.4) is 0 Å². The Labute approximate surface area is 183 Å². The second-order valence-electron chi connectivity index (χ2n) is 8.73. The smallest absolute Gasteiger partial charge is 0.191 e. The lowest BCUT2D eigenvalue weighted by molar-refractivity contribution is 0.0419. The van der Waals surface area contributed by atoms with Crippen molar-refractivity contribution < 1.29 is 9.47 Å². The molecule has 2 aliphatic rings. The number of hydrogen-bond donors (Lipinski definition) is 2. The summed E-state index contributed by atoms with van der Waals surface area (Å²) in [5, 5.41) is 6.90. The van der Waals surface area contributed by atoms with E-state index in [0.29, 0.717) is 6.10 Å². The number of likely N-dealkylation sites (tertiary alicyclic amines) is 1. The summed E-state index contributed by atoms with van der Waals surface area (Å²) in [5.41, 5.74) is 0.117. The van der Waals surface area contributed by atoms with Crippen molar-refractivity contribution in [2.45, 2.75) is 58.6 Å². The quantitative estimate of drug-likeness (QED) is 0.234. The van der Waals surface area contributed by atoms with E-state index >= 15 is 0 Å². The summed E-state index contributed by atoms with van der Waals surface area (Å²) < 4.78 is 11.1. The minimum atomic E-state index is 0. The van der Waals surface area contributed by atoms with Crippen molar-refractivity contribution in [3.8, 4) is 0 Å². The second kappa shape index (κ2) is 12.4. The Morgan fingerprint density at radius 2 is 1.93 bits per heavy atom. The third kappa shape index (κ3) is 8.83. The number of piperidine rings is 1. The van der Waals surface area contributed by atoms with Gasteiger partial charge < -0.3 is 20.1 Å². The van der Waals surface area contributed by atoms with Crippen molar-refractivity contribution in [3.63, 3.8) is 0 Å². The first-order valence-electron chi connectivity index (χ1n) is 10.3. The Morgan fingerprint density at radius 3 is 2.52 bits per heavy atom. The Kier molecular flexibility index (Phi) is 11.5. The Hall–Kier alpha value is -0.120. The molecule has 0 aromatic heterocycles. The Bertz CT molecular complexity index is 432. The van der Waals surface area contributed by atoms with Gasteiger partial charge in [0.1, 0.15) is 0 Å². The molecule has 0 aliphatic carbocycles. The first-order chi connectivity index (χ1) is 12.4. The van der Waals surface area contributed by atoms with E-state index in [2.05, 4.69) is 48.2 Å². The number of nitrogens with zero attached hydrogens (tertiary/aromatic N) is 2. The average Bonchev–Trinajstić information content (AvgIpc) is 3.10. The van der Waals surface area contributed by atoms with Crippen LogP contribution in [-0.2, 0) is 9.47 Å². The maximum absolute atomic E-state index is 5.80. The highest BCUT2D eigenvalue weighted by Gasteiger charge is 2.32. The van der Waals surface area contributed by atoms with Gasteiger partial charge in [0, 0.05) is 52.0 Å². The molecule has 0 saturated carbocycles. The second-order valence-corrected chi connectivity index (χ2v) is 8.73. The number of ether oxygens (including phenoxy) is 2. The summed E-state index contributed by atoms with van der Waals surface area (Å²) in [6.45, 7) is 15.9. The van der Waals surface area contributed by atoms with Crippen molar-refractivity contribution in [1.29, 1.82) is 0 Å². The molecule has 3 atom stereocenters. The first kappa shape index (κ1) is 24.9. The summed E-state index contributed by atoms with van der Waals surface area (Å²) in [6, 6.07) is 0. The summed E-state index contributed by atoms with van der Waals surface area (Å²) in [7, 11) is 1.83. The molecule has 0 aromatic rings. The summed E-state index contributed by atoms with van der Waals surface area (Å²) in [5.74, 6) is 2.43. The van der Waals surface area contributed by atoms with E-state index in [9.17, 15) is 0 Å². The zero-order valence-electron chi connectivity index (χ0n) is 17.9. The minimum Gasteiger partial charge on any atom is -0.379 e. The number of halogens is 1. The van der Waals surface area contributed by atoms with Crippen LogP contribution in [0.4, 0.5) is 0 Å². The van der Waals surface area contributed by atoms with Gasteiger partial charge in [-0.25, -0.2) is 0 Å². The fraction of sp³-hybridized carbons (Fsp3) is 0.950. The molecule has 0 amide bonds. The molecule has 27 heavy (non-hydrogen) atoms. The summed E-state index contributed by atoms with van der Waals surface area (Å²) >= 11 is 0. The molecule has 0 bridgehead atoms. The SMILES string of the molecule is CN=C(NCCCOC1CCOC1)NCC(C)(C)N1CC(C)CC(C)C1.I. The van der Waals surface area contributed by atoms with E-state index in [1.807, 2.05) is 7.05 Å². The highest BCUT2D eigenvalue weighted by atomic mass is 127. The molecule has 0 spiro atoms. The molecular weight excluding hydrogens is 455 g/mol. The summed E-state index contributed by atoms with van der Waals surface area (Å²) in [6.07, 6.45) is 3.64. The van der Waals surface area contributed by atoms with Gasteiger partial charge in [0.2, 0.25) is 0 Å². The van der Waals surface area contributed by atoms with Crippen molar-refractivity contribution in [2.75, 3.05) is 53.0 Å². The zero-order valence-corrected chi connectivity index (χ0v) is 20.3. The van der Waals surface area contributed by atoms with Crippen LogP contribution < -0.4 is 10.6 Å². The molecule has 3 unspecified atom stereocenters. The fourth-order valence-electron chi connectivity index (χ4n) is 3.96. The van der Waals surface area contributed by atoms with Gasteiger partial charge in [-0.15, -0.1) is 24.0 Å². The Morgan fingerprint density at radius 1 is 1.22 bits per heavy atom. The molecule has 7 heteroatoms. The lowest BCUT2D eigenvalue weighted by atomic mass is 9.88. The third-order valence-corrected chi connectivity index (χ3v) is 5.49. The van der Waals surface area contributed by atoms with Gasteiger partial charge in [-0.3, -0.25) is 9.89 Å². The molecular formula is C20H41IN4O2. The highest BCUT2D eigenvalue weighted by molar-refractivity contribution is 14.0. The molecule has 2 rings (SSSR count). The van der Waals surface area contributed by atoms with E-state index in [0.717, 1.165) is 63.5 Å². The molecule has 2 N–H and O–H groups in total. The number of guanidine groups is 1. The summed E-state index contributed by atoms with van der Waals surface area (Å²) in [4.78, 5) is 6.98. The van der Waals surface area contributed by atoms with Gasteiger partial charge in [-0.05, 0) is 44.9 Å². The molecule has 2 heterocycles. The van der Waals surface area contributed by atoms with E-state index in [4.69, 9.17) is 9.47 Å². The molecule has 2 saturated heterocycles. The van der Waals surface area contributed by atoms with E-state index < -0.39 is 0 Å². The van der Waals surface area contributed by atoms with Crippen LogP contribution >= 0.6 is 24.0 Å². The minimum absolute atomic E-state index is 0. The lowest BCUT2D eigenvalue weighted by Gasteiger charge is -2.45. The van der Waals surface area contributed by atoms with Crippen LogP contribution in [0.5, 0.6) is 0 Å². The van der Waals surface area contributed by atoms with Gasteiger partial charge in [-0.2, -0.15) is 0 Å². The maximum Gasteiger partial charge on any atom is 0.191 e. The van der Waals surface area contributed by atoms with Crippen LogP contribution in [0.1, 0.15) is 47.0 Å². The van der Waals surface area contributed by atoms with Crippen LogP contribution in [0.15, 0.2) is 4.99 Å². The number of nitrogens with one attached hydrogen (secondary N) is 2. The molecule has 0 radical (unpaired) electrons. The average molecular weight is 496 g/mol. The van der Waals surface area contributed by atoms with Gasteiger partial charge in [0.05, 0.1) is 12.7 Å². The van der Waals surface area contributed by atoms with Crippen LogP contribution in [-0.4, -0.2) is 75.5 Å². The molecule has 0 aromatic carbocycles. The van der Waals surface area contributed by atoms with Crippen LogP contribution in [0.25, 0.3) is 0 Å². The predicted molar refractivity (Wildman–Crippen MR) is 123 cm³/mol. The monoisotopic (exact) mass is 496 g/mol. The normalized spacial score (nSPS) is 27.3. The Balaban J connectivity index is 0.00000364. The number of aliphatic imine (C=N–C) groups is 1. The van der Waals surface area contributed by atoms with Gasteiger partial charge in [0.15, 0.2) is 5.96 Å². The van der Waals surface area contributed by atoms with Crippen molar-refractivity contribution >= 4 is 29.9 Å². The molecule has 2 aliphatic heterocycles.